The summed E-state index contributed by atoms with van der Waals surface area (Å²) in [6, 6.07) is 14.5. The van der Waals surface area contributed by atoms with Crippen LogP contribution >= 0.6 is 34.8 Å². The Bertz CT molecular complexity index is 1500. The first-order chi connectivity index (χ1) is 18.7. The number of carbonyl (C=O) groups excluding carboxylic acids is 1. The summed E-state index contributed by atoms with van der Waals surface area (Å²) in [5, 5.41) is 21.7. The molecular weight excluding hydrogens is 559 g/mol. The van der Waals surface area contributed by atoms with Gasteiger partial charge < -0.3 is 15.7 Å². The summed E-state index contributed by atoms with van der Waals surface area (Å²) < 4.78 is 1.94. The minimum absolute atomic E-state index is 0.0684. The number of halogens is 3. The third-order valence-electron chi connectivity index (χ3n) is 6.73. The zero-order chi connectivity index (χ0) is 27.7. The number of hydrogen-bond donors (Lipinski definition) is 3. The number of nitrogens with zero attached hydrogens (tertiary/aromatic N) is 2. The maximum Gasteiger partial charge on any atom is 0.305 e. The zero-order valence-electron chi connectivity index (χ0n) is 20.9. The molecule has 2 aliphatic rings. The van der Waals surface area contributed by atoms with E-state index in [9.17, 15) is 9.59 Å². The average molecular weight is 584 g/mol. The molecule has 10 heteroatoms. The van der Waals surface area contributed by atoms with E-state index in [0.29, 0.717) is 20.6 Å². The number of aromatic nitrogens is 2. The lowest BCUT2D eigenvalue weighted by atomic mass is 9.98. The van der Waals surface area contributed by atoms with Crippen molar-refractivity contribution < 1.29 is 14.7 Å². The van der Waals surface area contributed by atoms with Crippen molar-refractivity contribution in [2.24, 2.45) is 5.92 Å². The number of carboxylic acid groups (broad SMARTS) is 1. The van der Waals surface area contributed by atoms with Crippen molar-refractivity contribution in [3.63, 3.8) is 0 Å². The molecule has 200 valence electrons. The predicted molar refractivity (Wildman–Crippen MR) is 154 cm³/mol. The van der Waals surface area contributed by atoms with Crippen LogP contribution in [0.1, 0.15) is 41.0 Å². The van der Waals surface area contributed by atoms with Crippen LogP contribution in [0.4, 0.5) is 0 Å². The van der Waals surface area contributed by atoms with Crippen molar-refractivity contribution in [3.05, 3.63) is 105 Å². The lowest BCUT2D eigenvalue weighted by Crippen LogP contribution is -2.27. The zero-order valence-corrected chi connectivity index (χ0v) is 23.1. The molecule has 0 bridgehead atoms. The number of allylic oxidation sites excluding steroid dienone is 2. The van der Waals surface area contributed by atoms with E-state index in [0.717, 1.165) is 28.2 Å². The minimum Gasteiger partial charge on any atom is -0.481 e. The van der Waals surface area contributed by atoms with Crippen LogP contribution in [0.15, 0.2) is 77.9 Å². The van der Waals surface area contributed by atoms with E-state index in [-0.39, 0.29) is 36.9 Å². The number of amides is 1. The molecule has 5 rings (SSSR count). The Balaban J connectivity index is 1.47. The lowest BCUT2D eigenvalue weighted by molar-refractivity contribution is -0.136. The van der Waals surface area contributed by atoms with Crippen molar-refractivity contribution in [1.82, 2.24) is 20.4 Å². The highest BCUT2D eigenvalue weighted by Crippen LogP contribution is 2.35. The molecule has 0 spiro atoms. The molecule has 0 fully saturated rings. The van der Waals surface area contributed by atoms with Gasteiger partial charge in [0.25, 0.3) is 5.91 Å². The second-order valence-corrected chi connectivity index (χ2v) is 10.8. The van der Waals surface area contributed by atoms with Gasteiger partial charge >= 0.3 is 5.97 Å². The first kappa shape index (κ1) is 27.1. The van der Waals surface area contributed by atoms with E-state index >= 15 is 0 Å². The molecule has 1 aromatic heterocycles. The number of nitrogens with one attached hydrogen (secondary N) is 2. The van der Waals surface area contributed by atoms with Crippen molar-refractivity contribution in [2.75, 3.05) is 6.54 Å². The summed E-state index contributed by atoms with van der Waals surface area (Å²) in [7, 11) is 0. The predicted octanol–water partition coefficient (Wildman–Crippen LogP) is 6.29. The van der Waals surface area contributed by atoms with Crippen molar-refractivity contribution in [2.45, 2.75) is 25.4 Å². The third-order valence-corrected chi connectivity index (χ3v) is 7.42. The number of rotatable bonds is 8. The van der Waals surface area contributed by atoms with Crippen LogP contribution in [0.5, 0.6) is 0 Å². The van der Waals surface area contributed by atoms with Gasteiger partial charge in [-0.25, -0.2) is 0 Å². The lowest BCUT2D eigenvalue weighted by Gasteiger charge is -2.19. The maximum absolute atomic E-state index is 12.4. The van der Waals surface area contributed by atoms with Gasteiger partial charge in [0.15, 0.2) is 0 Å². The molecule has 3 aromatic rings. The number of carbonyl (C=O) groups is 2. The maximum atomic E-state index is 12.4. The quantitative estimate of drug-likeness (QED) is 0.290. The van der Waals surface area contributed by atoms with Gasteiger partial charge in [0, 0.05) is 38.7 Å². The molecule has 1 aliphatic carbocycles. The van der Waals surface area contributed by atoms with Crippen LogP contribution in [0.25, 0.3) is 17.0 Å². The summed E-state index contributed by atoms with van der Waals surface area (Å²) in [4.78, 5) is 23.1. The monoisotopic (exact) mass is 582 g/mol. The number of aliphatic carboxylic acids is 1. The molecule has 0 saturated carbocycles. The highest BCUT2D eigenvalue weighted by molar-refractivity contribution is 6.35. The Morgan fingerprint density at radius 2 is 1.79 bits per heavy atom. The fourth-order valence-electron chi connectivity index (χ4n) is 4.72. The third kappa shape index (κ3) is 6.06. The molecule has 3 atom stereocenters. The summed E-state index contributed by atoms with van der Waals surface area (Å²) in [6.07, 6.45) is 7.99. The van der Waals surface area contributed by atoms with Crippen LogP contribution in [0.2, 0.25) is 10.0 Å². The van der Waals surface area contributed by atoms with E-state index in [4.69, 9.17) is 45.0 Å². The van der Waals surface area contributed by atoms with E-state index in [2.05, 4.69) is 22.8 Å². The molecule has 1 aliphatic heterocycles. The topological polar surface area (TPSA) is 96.3 Å². The first-order valence-corrected chi connectivity index (χ1v) is 13.5. The van der Waals surface area contributed by atoms with Gasteiger partial charge in [-0.05, 0) is 61.0 Å². The number of fused-ring (bicyclic) bond motifs is 1. The van der Waals surface area contributed by atoms with Crippen LogP contribution in [0, 0.1) is 5.92 Å². The van der Waals surface area contributed by atoms with Crippen molar-refractivity contribution in [3.8, 4) is 11.3 Å². The van der Waals surface area contributed by atoms with Gasteiger partial charge in [0.05, 0.1) is 35.6 Å². The Kier molecular flexibility index (Phi) is 7.84. The van der Waals surface area contributed by atoms with Crippen LogP contribution in [-0.2, 0) is 4.79 Å². The van der Waals surface area contributed by atoms with Crippen molar-refractivity contribution >= 4 is 52.4 Å². The van der Waals surface area contributed by atoms with Gasteiger partial charge in [0.1, 0.15) is 0 Å². The van der Waals surface area contributed by atoms with Crippen molar-refractivity contribution in [1.29, 1.82) is 0 Å². The molecule has 2 heterocycles. The van der Waals surface area contributed by atoms with Gasteiger partial charge in [-0.3, -0.25) is 14.3 Å². The fourth-order valence-corrected chi connectivity index (χ4v) is 5.46. The van der Waals surface area contributed by atoms with Gasteiger partial charge in [-0.15, -0.1) is 0 Å². The Morgan fingerprint density at radius 1 is 1.08 bits per heavy atom. The van der Waals surface area contributed by atoms with Gasteiger partial charge in [-0.1, -0.05) is 59.1 Å². The highest BCUT2D eigenvalue weighted by atomic mass is 35.5. The fraction of sp³-hybridized carbons (Fsp3) is 0.207. The molecule has 0 saturated heterocycles. The largest absolute Gasteiger partial charge is 0.481 e. The molecule has 1 amide bonds. The number of hydrogen-bond acceptors (Lipinski definition) is 4. The molecular formula is C29H25Cl3N4O3. The summed E-state index contributed by atoms with van der Waals surface area (Å²) in [5.41, 5.74) is 4.73. The van der Waals surface area contributed by atoms with Crippen LogP contribution < -0.4 is 10.6 Å². The number of benzene rings is 2. The minimum atomic E-state index is -0.963. The standard InChI is InChI=1S/C29H25Cl3N4O3/c1-16(17-2-4-18(5-3-17)29(39)33-9-8-28(37)38)36-27(26-13-20-10-21(30)6-7-24(20)34-26)15-25(35-36)19-11-22(31)14-23(32)12-19/h2-7,10-16,20,24,34H,8-9H2,1H3,(H,33,39)(H,37,38). The van der Waals surface area contributed by atoms with E-state index in [1.54, 1.807) is 18.2 Å². The smallest absolute Gasteiger partial charge is 0.305 e. The first-order valence-electron chi connectivity index (χ1n) is 12.4. The molecule has 3 N–H and O–H groups in total. The highest BCUT2D eigenvalue weighted by Gasteiger charge is 2.29. The van der Waals surface area contributed by atoms with E-state index < -0.39 is 5.97 Å². The SMILES string of the molecule is CC(c1ccc(C(=O)NCCC(=O)O)cc1)n1nc(-c2cc(Cl)cc(Cl)c2)cc1C1=CC2C=C(Cl)C=CC2N1. The summed E-state index contributed by atoms with van der Waals surface area (Å²) in [5.74, 6) is -1.16. The van der Waals surface area contributed by atoms with Gasteiger partial charge in [-0.2, -0.15) is 5.10 Å². The van der Waals surface area contributed by atoms with E-state index in [1.165, 1.54) is 0 Å². The van der Waals surface area contributed by atoms with Crippen LogP contribution in [-0.4, -0.2) is 39.4 Å². The number of carboxylic acids is 1. The molecule has 2 aromatic carbocycles. The van der Waals surface area contributed by atoms with E-state index in [1.807, 2.05) is 54.1 Å². The van der Waals surface area contributed by atoms with Gasteiger partial charge in [0.2, 0.25) is 0 Å². The molecule has 7 nitrogen and oxygen atoms in total. The molecule has 0 radical (unpaired) electrons. The molecule has 39 heavy (non-hydrogen) atoms. The van der Waals surface area contributed by atoms with Crippen LogP contribution in [0.3, 0.4) is 0 Å². The second-order valence-electron chi connectivity index (χ2n) is 9.45. The normalized spacial score (nSPS) is 18.6. The summed E-state index contributed by atoms with van der Waals surface area (Å²) in [6.45, 7) is 2.10. The molecule has 3 unspecified atom stereocenters. The Morgan fingerprint density at radius 3 is 2.49 bits per heavy atom. The Hall–Kier alpha value is -3.52. The Labute approximate surface area is 240 Å². The second kappa shape index (κ2) is 11.3. The summed E-state index contributed by atoms with van der Waals surface area (Å²) >= 11 is 18.8. The average Bonchev–Trinajstić information content (AvgIpc) is 3.52.